The van der Waals surface area contributed by atoms with E-state index in [1.807, 2.05) is 30.3 Å². The minimum atomic E-state index is -0.261. The van der Waals surface area contributed by atoms with Crippen LogP contribution in [0.3, 0.4) is 0 Å². The molecule has 3 heteroatoms. The van der Waals surface area contributed by atoms with Crippen LogP contribution in [0.5, 0.6) is 0 Å². The van der Waals surface area contributed by atoms with Gasteiger partial charge in [0.25, 0.3) is 0 Å². The number of para-hydroxylation sites is 1. The van der Waals surface area contributed by atoms with E-state index in [4.69, 9.17) is 14.4 Å². The Bertz CT molecular complexity index is 3140. The van der Waals surface area contributed by atoms with Crippen LogP contribution in [-0.2, 0) is 5.41 Å². The Morgan fingerprint density at radius 3 is 1.84 bits per heavy atom. The molecular weight excluding hydrogens is 693 g/mol. The summed E-state index contributed by atoms with van der Waals surface area (Å²) in [4.78, 5) is 10.5. The van der Waals surface area contributed by atoms with E-state index in [0.717, 1.165) is 72.3 Å². The van der Waals surface area contributed by atoms with Gasteiger partial charge in [-0.25, -0.2) is 9.97 Å². The lowest BCUT2D eigenvalue weighted by atomic mass is 9.74. The van der Waals surface area contributed by atoms with Crippen LogP contribution in [0.2, 0.25) is 0 Å². The highest BCUT2D eigenvalue weighted by molar-refractivity contribution is 6.06. The van der Waals surface area contributed by atoms with Crippen LogP contribution in [0.4, 0.5) is 0 Å². The van der Waals surface area contributed by atoms with Crippen LogP contribution < -0.4 is 0 Å². The normalized spacial score (nSPS) is 14.5. The molecule has 2 aromatic heterocycles. The summed E-state index contributed by atoms with van der Waals surface area (Å²) in [6.07, 6.45) is 0. The molecule has 0 radical (unpaired) electrons. The third-order valence-electron chi connectivity index (χ3n) is 11.8. The average Bonchev–Trinajstić information content (AvgIpc) is 3.79. The molecule has 0 bridgehead atoms. The molecule has 0 spiro atoms. The molecule has 2 heterocycles. The minimum Gasteiger partial charge on any atom is -0.456 e. The van der Waals surface area contributed by atoms with Gasteiger partial charge in [-0.3, -0.25) is 0 Å². The van der Waals surface area contributed by atoms with Crippen molar-refractivity contribution in [1.29, 1.82) is 0 Å². The Hall–Kier alpha value is -7.36. The third kappa shape index (κ3) is 5.43. The van der Waals surface area contributed by atoms with Crippen molar-refractivity contribution in [2.75, 3.05) is 0 Å². The molecule has 0 amide bonds. The molecule has 0 saturated carbocycles. The molecule has 1 unspecified atom stereocenters. The van der Waals surface area contributed by atoms with Crippen LogP contribution in [-0.4, -0.2) is 9.97 Å². The zero-order valence-corrected chi connectivity index (χ0v) is 31.4. The molecule has 8 aromatic carbocycles. The van der Waals surface area contributed by atoms with Gasteiger partial charge < -0.3 is 4.42 Å². The molecule has 57 heavy (non-hydrogen) atoms. The number of fused-ring (bicyclic) bond motifs is 6. The van der Waals surface area contributed by atoms with Gasteiger partial charge in [-0.1, -0.05) is 164 Å². The summed E-state index contributed by atoms with van der Waals surface area (Å²) in [6.45, 7) is 2.35. The second-order valence-corrected chi connectivity index (χ2v) is 15.1. The zero-order chi connectivity index (χ0) is 37.9. The van der Waals surface area contributed by atoms with Crippen molar-refractivity contribution in [2.24, 2.45) is 0 Å². The molecule has 3 nitrogen and oxygen atoms in total. The van der Waals surface area contributed by atoms with Gasteiger partial charge in [-0.15, -0.1) is 0 Å². The topological polar surface area (TPSA) is 38.9 Å². The van der Waals surface area contributed by atoms with E-state index in [2.05, 4.69) is 177 Å². The lowest BCUT2D eigenvalue weighted by Gasteiger charge is -2.28. The average molecular weight is 729 g/mol. The molecule has 11 rings (SSSR count). The van der Waals surface area contributed by atoms with Gasteiger partial charge in [0.2, 0.25) is 0 Å². The quantitative estimate of drug-likeness (QED) is 0.171. The number of rotatable bonds is 6. The molecule has 1 aliphatic carbocycles. The van der Waals surface area contributed by atoms with Gasteiger partial charge in [0, 0.05) is 32.9 Å². The first-order valence-corrected chi connectivity index (χ1v) is 19.5. The van der Waals surface area contributed by atoms with Gasteiger partial charge in [0.05, 0.1) is 11.4 Å². The van der Waals surface area contributed by atoms with Crippen molar-refractivity contribution < 1.29 is 4.42 Å². The minimum absolute atomic E-state index is 0.261. The molecule has 1 atom stereocenters. The summed E-state index contributed by atoms with van der Waals surface area (Å²) < 4.78 is 6.14. The highest BCUT2D eigenvalue weighted by atomic mass is 16.3. The highest BCUT2D eigenvalue weighted by Crippen LogP contribution is 2.53. The van der Waals surface area contributed by atoms with E-state index in [9.17, 15) is 0 Å². The van der Waals surface area contributed by atoms with E-state index in [1.165, 1.54) is 27.8 Å². The fourth-order valence-corrected chi connectivity index (χ4v) is 8.92. The number of hydrogen-bond acceptors (Lipinski definition) is 3. The Morgan fingerprint density at radius 1 is 0.368 bits per heavy atom. The molecule has 1 aliphatic rings. The van der Waals surface area contributed by atoms with Gasteiger partial charge in [-0.05, 0) is 93.4 Å². The molecule has 0 saturated heterocycles. The molecule has 268 valence electrons. The number of hydrogen-bond donors (Lipinski definition) is 0. The van der Waals surface area contributed by atoms with Gasteiger partial charge in [0.1, 0.15) is 11.2 Å². The molecular formula is C54H36N2O. The number of furan rings is 1. The Kier molecular flexibility index (Phi) is 7.61. The van der Waals surface area contributed by atoms with E-state index in [-0.39, 0.29) is 5.41 Å². The predicted octanol–water partition coefficient (Wildman–Crippen LogP) is 14.0. The Labute approximate surface area is 331 Å². The second-order valence-electron chi connectivity index (χ2n) is 15.1. The zero-order valence-electron chi connectivity index (χ0n) is 31.4. The van der Waals surface area contributed by atoms with E-state index < -0.39 is 0 Å². The van der Waals surface area contributed by atoms with Crippen LogP contribution >= 0.6 is 0 Å². The van der Waals surface area contributed by atoms with Gasteiger partial charge in [0.15, 0.2) is 5.82 Å². The number of aromatic nitrogens is 2. The molecule has 0 aliphatic heterocycles. The van der Waals surface area contributed by atoms with E-state index in [1.54, 1.807) is 0 Å². The lowest BCUT2D eigenvalue weighted by molar-refractivity contribution is 0.669. The van der Waals surface area contributed by atoms with Crippen molar-refractivity contribution in [3.63, 3.8) is 0 Å². The summed E-state index contributed by atoms with van der Waals surface area (Å²) in [7, 11) is 0. The van der Waals surface area contributed by atoms with Crippen molar-refractivity contribution >= 4 is 21.9 Å². The summed E-state index contributed by atoms with van der Waals surface area (Å²) in [6, 6.07) is 71.1. The first kappa shape index (κ1) is 33.0. The maximum Gasteiger partial charge on any atom is 0.160 e. The summed E-state index contributed by atoms with van der Waals surface area (Å²) in [5.74, 6) is 0.697. The molecule has 10 aromatic rings. The van der Waals surface area contributed by atoms with Crippen LogP contribution in [0.15, 0.2) is 205 Å². The SMILES string of the molecule is CC1(c2ccccc2)c2ccccc2-c2cc(-c3cc(-c4ccccc4-c4cccc(-c5ccc6oc7ccccc7c6c5)c4)nc(-c4ccccc4)n3)ccc21. The molecule has 0 N–H and O–H groups in total. The van der Waals surface area contributed by atoms with Crippen LogP contribution in [0.25, 0.3) is 89.2 Å². The predicted molar refractivity (Wildman–Crippen MR) is 234 cm³/mol. The second kappa shape index (κ2) is 13.1. The maximum absolute atomic E-state index is 6.14. The summed E-state index contributed by atoms with van der Waals surface area (Å²) >= 11 is 0. The van der Waals surface area contributed by atoms with Gasteiger partial charge in [-0.2, -0.15) is 0 Å². The largest absolute Gasteiger partial charge is 0.456 e. The standard InChI is InChI=1S/C54H36N2O/c1-54(40-19-6-3-7-20-40)47-25-12-10-22-42(47)45-33-39(27-29-48(45)54)49-34-50(56-53(55-49)35-15-4-2-5-16-35)43-23-9-8-21-41(43)38-18-14-17-36(31-38)37-28-30-52-46(32-37)44-24-11-13-26-51(44)57-52/h2-34H,1H3. The lowest BCUT2D eigenvalue weighted by Crippen LogP contribution is -2.22. The van der Waals surface area contributed by atoms with Crippen LogP contribution in [0, 0.1) is 0 Å². The van der Waals surface area contributed by atoms with E-state index >= 15 is 0 Å². The first-order chi connectivity index (χ1) is 28.1. The number of benzene rings is 8. The maximum atomic E-state index is 6.14. The first-order valence-electron chi connectivity index (χ1n) is 19.5. The fourth-order valence-electron chi connectivity index (χ4n) is 8.92. The van der Waals surface area contributed by atoms with Crippen molar-refractivity contribution in [1.82, 2.24) is 9.97 Å². The van der Waals surface area contributed by atoms with E-state index in [0.29, 0.717) is 5.82 Å². The van der Waals surface area contributed by atoms with Crippen molar-refractivity contribution in [3.8, 4) is 67.3 Å². The number of nitrogens with zero attached hydrogens (tertiary/aromatic N) is 2. The Morgan fingerprint density at radius 2 is 0.982 bits per heavy atom. The van der Waals surface area contributed by atoms with Crippen molar-refractivity contribution in [2.45, 2.75) is 12.3 Å². The monoisotopic (exact) mass is 728 g/mol. The van der Waals surface area contributed by atoms with Gasteiger partial charge >= 0.3 is 0 Å². The summed E-state index contributed by atoms with van der Waals surface area (Å²) in [5.41, 5.74) is 17.3. The molecule has 0 fully saturated rings. The fraction of sp³-hybridized carbons (Fsp3) is 0.0370. The Balaban J connectivity index is 1.05. The smallest absolute Gasteiger partial charge is 0.160 e. The highest BCUT2D eigenvalue weighted by Gasteiger charge is 2.40. The third-order valence-corrected chi connectivity index (χ3v) is 11.8. The summed E-state index contributed by atoms with van der Waals surface area (Å²) in [5, 5.41) is 2.25. The van der Waals surface area contributed by atoms with Crippen molar-refractivity contribution in [3.05, 3.63) is 217 Å². The van der Waals surface area contributed by atoms with Crippen LogP contribution in [0.1, 0.15) is 23.6 Å².